The molecule has 0 aliphatic heterocycles. The van der Waals surface area contributed by atoms with Crippen LogP contribution in [0.15, 0.2) is 24.3 Å². The molecule has 3 nitrogen and oxygen atoms in total. The summed E-state index contributed by atoms with van der Waals surface area (Å²) in [5.41, 5.74) is -1.07. The molecule has 1 aromatic rings. The van der Waals surface area contributed by atoms with Gasteiger partial charge in [-0.1, -0.05) is 12.1 Å². The smallest absolute Gasteiger partial charge is 0.312 e. The normalized spacial score (nSPS) is 13.6. The summed E-state index contributed by atoms with van der Waals surface area (Å²) in [6, 6.07) is 5.31. The van der Waals surface area contributed by atoms with Crippen LogP contribution in [0.2, 0.25) is 0 Å². The molecule has 1 aromatic carbocycles. The van der Waals surface area contributed by atoms with Gasteiger partial charge in [-0.15, -0.1) is 0 Å². The zero-order valence-electron chi connectivity index (χ0n) is 8.57. The maximum atomic E-state index is 12.9. The lowest BCUT2D eigenvalue weighted by Gasteiger charge is -2.26. The number of aliphatic hydroxyl groups excluding tert-OH is 1. The third-order valence-electron chi connectivity index (χ3n) is 2.40. The second-order valence-corrected chi connectivity index (χ2v) is 3.98. The highest BCUT2D eigenvalue weighted by molar-refractivity contribution is 5.74. The third-order valence-corrected chi connectivity index (χ3v) is 2.40. The highest BCUT2D eigenvalue weighted by atomic mass is 19.1. The van der Waals surface area contributed by atoms with Crippen molar-refractivity contribution in [2.45, 2.75) is 20.0 Å². The van der Waals surface area contributed by atoms with Gasteiger partial charge in [0, 0.05) is 0 Å². The molecule has 0 aliphatic rings. The van der Waals surface area contributed by atoms with Crippen molar-refractivity contribution in [2.75, 3.05) is 0 Å². The van der Waals surface area contributed by atoms with Crippen molar-refractivity contribution < 1.29 is 19.4 Å². The van der Waals surface area contributed by atoms with Crippen LogP contribution < -0.4 is 0 Å². The Morgan fingerprint density at radius 3 is 2.53 bits per heavy atom. The first-order valence-electron chi connectivity index (χ1n) is 4.52. The Labute approximate surface area is 87.2 Å². The van der Waals surface area contributed by atoms with E-state index in [4.69, 9.17) is 5.11 Å². The van der Waals surface area contributed by atoms with Gasteiger partial charge in [0.1, 0.15) is 5.82 Å². The molecule has 0 amide bonds. The largest absolute Gasteiger partial charge is 0.481 e. The van der Waals surface area contributed by atoms with Crippen molar-refractivity contribution in [2.24, 2.45) is 5.41 Å². The predicted octanol–water partition coefficient (Wildman–Crippen LogP) is 1.97. The van der Waals surface area contributed by atoms with Crippen molar-refractivity contribution >= 4 is 5.97 Å². The van der Waals surface area contributed by atoms with Crippen LogP contribution in [-0.2, 0) is 4.79 Å². The lowest BCUT2D eigenvalue weighted by molar-refractivity contribution is -0.153. The number of carbonyl (C=O) groups is 1. The molecule has 0 heterocycles. The van der Waals surface area contributed by atoms with Gasteiger partial charge in [-0.2, -0.15) is 0 Å². The van der Waals surface area contributed by atoms with Gasteiger partial charge in [0.2, 0.25) is 0 Å². The Morgan fingerprint density at radius 1 is 1.47 bits per heavy atom. The van der Waals surface area contributed by atoms with Gasteiger partial charge in [0.25, 0.3) is 0 Å². The van der Waals surface area contributed by atoms with Crippen molar-refractivity contribution in [3.63, 3.8) is 0 Å². The molecule has 1 atom stereocenters. The highest BCUT2D eigenvalue weighted by Gasteiger charge is 2.36. The lowest BCUT2D eigenvalue weighted by Crippen LogP contribution is -2.31. The summed E-state index contributed by atoms with van der Waals surface area (Å²) in [5, 5.41) is 18.7. The van der Waals surface area contributed by atoms with Gasteiger partial charge >= 0.3 is 5.97 Å². The van der Waals surface area contributed by atoms with E-state index in [1.54, 1.807) is 0 Å². The van der Waals surface area contributed by atoms with Crippen LogP contribution in [0.3, 0.4) is 0 Å². The van der Waals surface area contributed by atoms with Crippen molar-refractivity contribution in [1.82, 2.24) is 0 Å². The first-order chi connectivity index (χ1) is 6.85. The number of halogens is 1. The highest BCUT2D eigenvalue weighted by Crippen LogP contribution is 2.33. The molecule has 0 radical (unpaired) electrons. The monoisotopic (exact) mass is 212 g/mol. The van der Waals surface area contributed by atoms with Crippen molar-refractivity contribution in [1.29, 1.82) is 0 Å². The van der Waals surface area contributed by atoms with Crippen LogP contribution in [0.1, 0.15) is 25.5 Å². The van der Waals surface area contributed by atoms with Crippen LogP contribution in [0.25, 0.3) is 0 Å². The van der Waals surface area contributed by atoms with E-state index >= 15 is 0 Å². The van der Waals surface area contributed by atoms with Crippen LogP contribution in [0, 0.1) is 11.2 Å². The van der Waals surface area contributed by atoms with Gasteiger partial charge in [-0.25, -0.2) is 4.39 Å². The molecule has 0 spiro atoms. The summed E-state index contributed by atoms with van der Waals surface area (Å²) in [7, 11) is 0. The van der Waals surface area contributed by atoms with E-state index in [1.165, 1.54) is 32.0 Å². The number of carboxylic acid groups (broad SMARTS) is 1. The Balaban J connectivity index is 3.04. The third kappa shape index (κ3) is 2.33. The molecule has 2 N–H and O–H groups in total. The standard InChI is InChI=1S/C11H13FO3/c1-11(2,10(14)15)9(13)7-4-3-5-8(12)6-7/h3-6,9,13H,1-2H3,(H,14,15). The Hall–Kier alpha value is -1.42. The summed E-state index contributed by atoms with van der Waals surface area (Å²) in [6.07, 6.45) is -1.23. The fourth-order valence-electron chi connectivity index (χ4n) is 1.21. The minimum Gasteiger partial charge on any atom is -0.481 e. The lowest BCUT2D eigenvalue weighted by atomic mass is 9.83. The Morgan fingerprint density at radius 2 is 2.07 bits per heavy atom. The van der Waals surface area contributed by atoms with Crippen LogP contribution >= 0.6 is 0 Å². The number of benzene rings is 1. The molecule has 82 valence electrons. The van der Waals surface area contributed by atoms with Crippen molar-refractivity contribution in [3.05, 3.63) is 35.6 Å². The van der Waals surface area contributed by atoms with E-state index in [0.29, 0.717) is 0 Å². The number of rotatable bonds is 3. The van der Waals surface area contributed by atoms with E-state index < -0.39 is 23.3 Å². The fraction of sp³-hybridized carbons (Fsp3) is 0.364. The molecule has 0 fully saturated rings. The van der Waals surface area contributed by atoms with Gasteiger partial charge in [-0.3, -0.25) is 4.79 Å². The molecular weight excluding hydrogens is 199 g/mol. The van der Waals surface area contributed by atoms with E-state index in [1.807, 2.05) is 0 Å². The number of hydrogen-bond acceptors (Lipinski definition) is 2. The topological polar surface area (TPSA) is 57.5 Å². The minimum absolute atomic E-state index is 0.266. The van der Waals surface area contributed by atoms with Gasteiger partial charge in [0.15, 0.2) is 0 Å². The zero-order chi connectivity index (χ0) is 11.6. The second-order valence-electron chi connectivity index (χ2n) is 3.98. The van der Waals surface area contributed by atoms with Gasteiger partial charge in [0.05, 0.1) is 11.5 Å². The number of hydrogen-bond donors (Lipinski definition) is 2. The Bertz CT molecular complexity index is 374. The average molecular weight is 212 g/mol. The number of carboxylic acids is 1. The summed E-state index contributed by atoms with van der Waals surface area (Å²) in [6.45, 7) is 2.79. The first-order valence-corrected chi connectivity index (χ1v) is 4.52. The van der Waals surface area contributed by atoms with E-state index in [9.17, 15) is 14.3 Å². The molecule has 0 aromatic heterocycles. The maximum Gasteiger partial charge on any atom is 0.312 e. The minimum atomic E-state index is -1.34. The molecule has 4 heteroatoms. The fourth-order valence-corrected chi connectivity index (χ4v) is 1.21. The van der Waals surface area contributed by atoms with E-state index in [2.05, 4.69) is 0 Å². The number of aliphatic carboxylic acids is 1. The summed E-state index contributed by atoms with van der Waals surface area (Å²) >= 11 is 0. The summed E-state index contributed by atoms with van der Waals surface area (Å²) in [4.78, 5) is 10.9. The summed E-state index contributed by atoms with van der Waals surface area (Å²) < 4.78 is 12.9. The molecule has 0 bridgehead atoms. The maximum absolute atomic E-state index is 12.9. The van der Waals surface area contributed by atoms with E-state index in [0.717, 1.165) is 6.07 Å². The van der Waals surface area contributed by atoms with Gasteiger partial charge in [-0.05, 0) is 31.5 Å². The quantitative estimate of drug-likeness (QED) is 0.805. The predicted molar refractivity (Wildman–Crippen MR) is 52.8 cm³/mol. The summed E-state index contributed by atoms with van der Waals surface area (Å²) in [5.74, 6) is -1.62. The second kappa shape index (κ2) is 3.98. The number of aliphatic hydroxyl groups is 1. The molecule has 1 rings (SSSR count). The van der Waals surface area contributed by atoms with Crippen molar-refractivity contribution in [3.8, 4) is 0 Å². The first kappa shape index (κ1) is 11.7. The van der Waals surface area contributed by atoms with Crippen LogP contribution in [-0.4, -0.2) is 16.2 Å². The Kier molecular flexibility index (Phi) is 3.09. The molecule has 1 unspecified atom stereocenters. The zero-order valence-corrected chi connectivity index (χ0v) is 8.57. The average Bonchev–Trinajstić information content (AvgIpc) is 2.16. The molecule has 0 saturated carbocycles. The molecule has 15 heavy (non-hydrogen) atoms. The van der Waals surface area contributed by atoms with Crippen LogP contribution in [0.5, 0.6) is 0 Å². The molecule has 0 aliphatic carbocycles. The van der Waals surface area contributed by atoms with Crippen LogP contribution in [0.4, 0.5) is 4.39 Å². The SMILES string of the molecule is CC(C)(C(=O)O)C(O)c1cccc(F)c1. The molecular formula is C11H13FO3. The van der Waals surface area contributed by atoms with E-state index in [-0.39, 0.29) is 5.56 Å². The molecule has 0 saturated heterocycles. The van der Waals surface area contributed by atoms with Gasteiger partial charge < -0.3 is 10.2 Å².